The summed E-state index contributed by atoms with van der Waals surface area (Å²) in [6.45, 7) is 2.19. The van der Waals surface area contributed by atoms with Crippen LogP contribution in [-0.4, -0.2) is 0 Å². The Morgan fingerprint density at radius 3 is 2.25 bits per heavy atom. The molecule has 0 amide bonds. The van der Waals surface area contributed by atoms with Crippen LogP contribution in [0.1, 0.15) is 37.3 Å². The van der Waals surface area contributed by atoms with Crippen molar-refractivity contribution >= 4 is 11.6 Å². The Morgan fingerprint density at radius 1 is 0.950 bits per heavy atom. The maximum Gasteiger partial charge on any atom is 0.0323 e. The molecule has 0 unspecified atom stereocenters. The SMILES string of the molecule is CCCCC#C/C(=C/c1ccccc1)c1ccccc1. The Morgan fingerprint density at radius 2 is 1.60 bits per heavy atom. The zero-order valence-electron chi connectivity index (χ0n) is 12.0. The molecule has 100 valence electrons. The summed E-state index contributed by atoms with van der Waals surface area (Å²) in [7, 11) is 0. The van der Waals surface area contributed by atoms with Crippen molar-refractivity contribution in [1.29, 1.82) is 0 Å². The molecule has 0 radical (unpaired) electrons. The van der Waals surface area contributed by atoms with Crippen LogP contribution in [0.4, 0.5) is 0 Å². The van der Waals surface area contributed by atoms with Crippen molar-refractivity contribution in [2.24, 2.45) is 0 Å². The van der Waals surface area contributed by atoms with Crippen molar-refractivity contribution in [3.8, 4) is 11.8 Å². The molecule has 0 saturated heterocycles. The van der Waals surface area contributed by atoms with Crippen LogP contribution in [0.3, 0.4) is 0 Å². The second-order valence-electron chi connectivity index (χ2n) is 4.74. The van der Waals surface area contributed by atoms with E-state index in [-0.39, 0.29) is 0 Å². The van der Waals surface area contributed by atoms with Crippen LogP contribution >= 0.6 is 0 Å². The van der Waals surface area contributed by atoms with Crippen LogP contribution in [0.25, 0.3) is 11.6 Å². The summed E-state index contributed by atoms with van der Waals surface area (Å²) in [4.78, 5) is 0. The first-order valence-electron chi connectivity index (χ1n) is 7.21. The molecule has 0 heteroatoms. The van der Waals surface area contributed by atoms with Crippen molar-refractivity contribution in [3.05, 3.63) is 71.8 Å². The minimum Gasteiger partial charge on any atom is -0.0979 e. The average Bonchev–Trinajstić information content (AvgIpc) is 2.52. The number of hydrogen-bond donors (Lipinski definition) is 0. The first-order valence-corrected chi connectivity index (χ1v) is 7.21. The molecule has 0 heterocycles. The first kappa shape index (κ1) is 14.2. The lowest BCUT2D eigenvalue weighted by Crippen LogP contribution is -1.82. The van der Waals surface area contributed by atoms with Crippen molar-refractivity contribution < 1.29 is 0 Å². The van der Waals surface area contributed by atoms with E-state index in [2.05, 4.69) is 73.4 Å². The van der Waals surface area contributed by atoms with Gasteiger partial charge in [0, 0.05) is 12.0 Å². The molecule has 2 aromatic carbocycles. The number of benzene rings is 2. The summed E-state index contributed by atoms with van der Waals surface area (Å²) in [6, 6.07) is 20.7. The summed E-state index contributed by atoms with van der Waals surface area (Å²) >= 11 is 0. The van der Waals surface area contributed by atoms with E-state index >= 15 is 0 Å². The van der Waals surface area contributed by atoms with Crippen LogP contribution < -0.4 is 0 Å². The van der Waals surface area contributed by atoms with Crippen molar-refractivity contribution in [2.45, 2.75) is 26.2 Å². The van der Waals surface area contributed by atoms with E-state index in [1.54, 1.807) is 0 Å². The largest absolute Gasteiger partial charge is 0.0979 e. The number of unbranched alkanes of at least 4 members (excludes halogenated alkanes) is 2. The summed E-state index contributed by atoms with van der Waals surface area (Å²) in [5.41, 5.74) is 3.46. The monoisotopic (exact) mass is 260 g/mol. The van der Waals surface area contributed by atoms with Gasteiger partial charge in [0.05, 0.1) is 0 Å². The van der Waals surface area contributed by atoms with Gasteiger partial charge in [-0.15, -0.1) is 0 Å². The normalized spacial score (nSPS) is 10.8. The molecule has 0 bridgehead atoms. The van der Waals surface area contributed by atoms with Crippen LogP contribution in [0.5, 0.6) is 0 Å². The van der Waals surface area contributed by atoms with Gasteiger partial charge >= 0.3 is 0 Å². The van der Waals surface area contributed by atoms with E-state index in [0.29, 0.717) is 0 Å². The maximum absolute atomic E-state index is 3.33. The molecule has 0 aliphatic heterocycles. The van der Waals surface area contributed by atoms with Gasteiger partial charge in [0.15, 0.2) is 0 Å². The van der Waals surface area contributed by atoms with Crippen molar-refractivity contribution in [3.63, 3.8) is 0 Å². The first-order chi connectivity index (χ1) is 9.90. The molecule has 0 aliphatic rings. The van der Waals surface area contributed by atoms with Gasteiger partial charge < -0.3 is 0 Å². The predicted octanol–water partition coefficient (Wildman–Crippen LogP) is 5.42. The maximum atomic E-state index is 3.33. The predicted molar refractivity (Wildman–Crippen MR) is 88.1 cm³/mol. The van der Waals surface area contributed by atoms with E-state index in [1.807, 2.05) is 12.1 Å². The standard InChI is InChI=1S/C20H20/c1-2-3-4-9-16-20(19-14-10-6-11-15-19)17-18-12-7-5-8-13-18/h5-8,10-15,17H,2-4H2,1H3/b20-17-. The Bertz CT molecular complexity index is 595. The molecule has 0 spiro atoms. The molecule has 2 aromatic rings. The van der Waals surface area contributed by atoms with Gasteiger partial charge in [0.1, 0.15) is 0 Å². The molecule has 2 rings (SSSR count). The lowest BCUT2D eigenvalue weighted by atomic mass is 10.0. The van der Waals surface area contributed by atoms with Crippen molar-refractivity contribution in [2.75, 3.05) is 0 Å². The van der Waals surface area contributed by atoms with Gasteiger partial charge in [-0.2, -0.15) is 0 Å². The summed E-state index contributed by atoms with van der Waals surface area (Å²) < 4.78 is 0. The van der Waals surface area contributed by atoms with E-state index in [4.69, 9.17) is 0 Å². The number of hydrogen-bond acceptors (Lipinski definition) is 0. The van der Waals surface area contributed by atoms with E-state index < -0.39 is 0 Å². The van der Waals surface area contributed by atoms with E-state index in [9.17, 15) is 0 Å². The van der Waals surface area contributed by atoms with Crippen LogP contribution in [0.15, 0.2) is 60.7 Å². The zero-order chi connectivity index (χ0) is 14.0. The highest BCUT2D eigenvalue weighted by Crippen LogP contribution is 2.17. The zero-order valence-corrected chi connectivity index (χ0v) is 12.0. The molecule has 0 atom stereocenters. The van der Waals surface area contributed by atoms with Gasteiger partial charge in [0.2, 0.25) is 0 Å². The van der Waals surface area contributed by atoms with Crippen molar-refractivity contribution in [1.82, 2.24) is 0 Å². The van der Waals surface area contributed by atoms with Gasteiger partial charge in [-0.05, 0) is 23.6 Å². The Kier molecular flexibility index (Phi) is 5.68. The molecule has 0 saturated carbocycles. The third kappa shape index (κ3) is 4.44. The minimum absolute atomic E-state index is 0.968. The molecule has 0 aliphatic carbocycles. The van der Waals surface area contributed by atoms with Gasteiger partial charge in [-0.25, -0.2) is 0 Å². The molecule has 0 aromatic heterocycles. The second kappa shape index (κ2) is 8.02. The van der Waals surface area contributed by atoms with Gasteiger partial charge in [-0.1, -0.05) is 85.8 Å². The smallest absolute Gasteiger partial charge is 0.0323 e. The minimum atomic E-state index is 0.968. The Hall–Kier alpha value is -2.26. The van der Waals surface area contributed by atoms with E-state index in [0.717, 1.165) is 12.0 Å². The molecular formula is C20H20. The number of allylic oxidation sites excluding steroid dienone is 1. The highest BCUT2D eigenvalue weighted by Gasteiger charge is 1.97. The second-order valence-corrected chi connectivity index (χ2v) is 4.74. The quantitative estimate of drug-likeness (QED) is 0.391. The lowest BCUT2D eigenvalue weighted by molar-refractivity contribution is 0.828. The molecule has 0 fully saturated rings. The summed E-state index contributed by atoms with van der Waals surface area (Å²) in [5, 5.41) is 0. The number of rotatable bonds is 4. The molecular weight excluding hydrogens is 240 g/mol. The van der Waals surface area contributed by atoms with Crippen LogP contribution in [0.2, 0.25) is 0 Å². The molecule has 0 nitrogen and oxygen atoms in total. The topological polar surface area (TPSA) is 0 Å². The van der Waals surface area contributed by atoms with Crippen LogP contribution in [-0.2, 0) is 0 Å². The molecule has 0 N–H and O–H groups in total. The third-order valence-corrected chi connectivity index (χ3v) is 3.07. The molecule has 20 heavy (non-hydrogen) atoms. The summed E-state index contributed by atoms with van der Waals surface area (Å²) in [6.07, 6.45) is 5.49. The Labute approximate surface area is 122 Å². The van der Waals surface area contributed by atoms with Crippen LogP contribution in [0, 0.1) is 11.8 Å². The fourth-order valence-corrected chi connectivity index (χ4v) is 1.95. The van der Waals surface area contributed by atoms with E-state index in [1.165, 1.54) is 24.0 Å². The fraction of sp³-hybridized carbons (Fsp3) is 0.200. The summed E-state index contributed by atoms with van der Waals surface area (Å²) in [5.74, 6) is 6.62. The third-order valence-electron chi connectivity index (χ3n) is 3.07. The highest BCUT2D eigenvalue weighted by atomic mass is 14.0. The average molecular weight is 260 g/mol. The van der Waals surface area contributed by atoms with Gasteiger partial charge in [-0.3, -0.25) is 0 Å². The Balaban J connectivity index is 2.29. The highest BCUT2D eigenvalue weighted by molar-refractivity contribution is 5.90. The fourth-order valence-electron chi connectivity index (χ4n) is 1.95. The van der Waals surface area contributed by atoms with Gasteiger partial charge in [0.25, 0.3) is 0 Å². The lowest BCUT2D eigenvalue weighted by Gasteiger charge is -2.01.